The predicted molar refractivity (Wildman–Crippen MR) is 59.8 cm³/mol. The van der Waals surface area contributed by atoms with Gasteiger partial charge in [-0.1, -0.05) is 5.16 Å². The van der Waals surface area contributed by atoms with Crippen molar-refractivity contribution >= 4 is 15.6 Å². The molecule has 1 aliphatic heterocycles. The van der Waals surface area contributed by atoms with Gasteiger partial charge in [0.15, 0.2) is 15.7 Å². The molecule has 2 heterocycles. The Morgan fingerprint density at radius 1 is 1.45 bits per heavy atom. The average Bonchev–Trinajstić information content (AvgIpc) is 2.92. The fourth-order valence-electron chi connectivity index (χ4n) is 1.95. The number of nitrogens with zero attached hydrogens (tertiary/aromatic N) is 2. The van der Waals surface area contributed by atoms with Crippen molar-refractivity contribution in [3.8, 4) is 0 Å². The van der Waals surface area contributed by atoms with Crippen LogP contribution in [0.3, 0.4) is 0 Å². The summed E-state index contributed by atoms with van der Waals surface area (Å²) in [7, 11) is -3.16. The van der Waals surface area contributed by atoms with E-state index in [1.165, 1.54) is 0 Å². The number of alkyl halides is 3. The fourth-order valence-corrected chi connectivity index (χ4v) is 3.68. The van der Waals surface area contributed by atoms with Crippen LogP contribution in [0.1, 0.15) is 36.9 Å². The molecule has 20 heavy (non-hydrogen) atoms. The maximum Gasteiger partial charge on any atom is 0.450 e. The lowest BCUT2D eigenvalue weighted by Crippen LogP contribution is -2.27. The summed E-state index contributed by atoms with van der Waals surface area (Å²) < 4.78 is 64.1. The van der Waals surface area contributed by atoms with Crippen molar-refractivity contribution in [1.29, 1.82) is 0 Å². The third-order valence-electron chi connectivity index (χ3n) is 3.10. The van der Waals surface area contributed by atoms with E-state index < -0.39 is 39.5 Å². The topological polar surface area (TPSA) is 90.1 Å². The van der Waals surface area contributed by atoms with Crippen LogP contribution >= 0.6 is 0 Å². The molecule has 2 atom stereocenters. The van der Waals surface area contributed by atoms with Gasteiger partial charge in [-0.2, -0.15) is 18.2 Å². The van der Waals surface area contributed by atoms with Crippen LogP contribution in [0, 0.1) is 0 Å². The highest BCUT2D eigenvalue weighted by Gasteiger charge is 2.44. The first kappa shape index (κ1) is 14.9. The third-order valence-corrected chi connectivity index (χ3v) is 4.87. The van der Waals surface area contributed by atoms with E-state index >= 15 is 0 Å². The van der Waals surface area contributed by atoms with Gasteiger partial charge >= 0.3 is 6.18 Å². The van der Waals surface area contributed by atoms with Crippen LogP contribution < -0.4 is 0 Å². The summed E-state index contributed by atoms with van der Waals surface area (Å²) in [5.74, 6) is -4.67. The fraction of sp³-hybridized carbons (Fsp3) is 0.700. The maximum atomic E-state index is 12.3. The molecule has 0 bridgehead atoms. The van der Waals surface area contributed by atoms with Gasteiger partial charge in [0, 0.05) is 5.92 Å². The van der Waals surface area contributed by atoms with Crippen molar-refractivity contribution in [2.75, 3.05) is 11.5 Å². The zero-order valence-corrected chi connectivity index (χ0v) is 11.2. The van der Waals surface area contributed by atoms with Crippen molar-refractivity contribution in [2.24, 2.45) is 0 Å². The van der Waals surface area contributed by atoms with Crippen LogP contribution in [0.15, 0.2) is 4.52 Å². The van der Waals surface area contributed by atoms with E-state index in [2.05, 4.69) is 14.7 Å². The monoisotopic (exact) mass is 312 g/mol. The van der Waals surface area contributed by atoms with Gasteiger partial charge < -0.3 is 4.52 Å². The molecule has 0 aromatic carbocycles. The summed E-state index contributed by atoms with van der Waals surface area (Å²) in [5, 5.41) is 3.48. The first-order chi connectivity index (χ1) is 9.10. The number of carbonyl (C=O) groups excluding carboxylic acids is 1. The molecule has 1 saturated heterocycles. The lowest BCUT2D eigenvalue weighted by molar-refractivity contribution is -0.172. The molecule has 1 aromatic heterocycles. The Morgan fingerprint density at radius 3 is 2.60 bits per heavy atom. The predicted octanol–water partition coefficient (Wildman–Crippen LogP) is 1.21. The van der Waals surface area contributed by atoms with Gasteiger partial charge in [0.2, 0.25) is 11.7 Å². The number of carbonyl (C=O) groups is 1. The molecule has 2 rings (SSSR count). The average molecular weight is 312 g/mol. The zero-order valence-electron chi connectivity index (χ0n) is 10.3. The normalized spacial score (nSPS) is 23.7. The van der Waals surface area contributed by atoms with E-state index in [1.54, 1.807) is 0 Å². The van der Waals surface area contributed by atoms with Crippen molar-refractivity contribution in [1.82, 2.24) is 10.1 Å². The summed E-state index contributed by atoms with van der Waals surface area (Å²) in [6, 6.07) is 0. The van der Waals surface area contributed by atoms with E-state index in [9.17, 15) is 26.4 Å². The molecular weight excluding hydrogens is 301 g/mol. The molecule has 0 aliphatic carbocycles. The van der Waals surface area contributed by atoms with Crippen molar-refractivity contribution in [3.05, 3.63) is 11.7 Å². The first-order valence-electron chi connectivity index (χ1n) is 5.75. The highest BCUT2D eigenvalue weighted by Crippen LogP contribution is 2.30. The van der Waals surface area contributed by atoms with E-state index in [-0.39, 0.29) is 17.3 Å². The Kier molecular flexibility index (Phi) is 3.61. The van der Waals surface area contributed by atoms with E-state index in [0.717, 1.165) is 6.92 Å². The molecule has 0 N–H and O–H groups in total. The summed E-state index contributed by atoms with van der Waals surface area (Å²) in [6.45, 7) is 1.01. The van der Waals surface area contributed by atoms with Crippen LogP contribution in [0.25, 0.3) is 0 Å². The molecule has 1 aromatic rings. The van der Waals surface area contributed by atoms with Gasteiger partial charge in [0.05, 0.1) is 11.5 Å². The van der Waals surface area contributed by atoms with E-state index in [1.807, 2.05) is 0 Å². The second kappa shape index (κ2) is 4.83. The number of halogens is 3. The Balaban J connectivity index is 2.16. The number of Topliss-reactive ketones (excluding diaryl/α,β-unsaturated/α-hetero) is 1. The largest absolute Gasteiger partial charge is 0.450 e. The van der Waals surface area contributed by atoms with Crippen LogP contribution in [0.4, 0.5) is 13.2 Å². The molecule has 2 unspecified atom stereocenters. The van der Waals surface area contributed by atoms with Crippen LogP contribution in [0.5, 0.6) is 0 Å². The van der Waals surface area contributed by atoms with Crippen LogP contribution in [-0.4, -0.2) is 42.0 Å². The summed E-state index contributed by atoms with van der Waals surface area (Å²) in [5.41, 5.74) is 0. The summed E-state index contributed by atoms with van der Waals surface area (Å²) in [6.07, 6.45) is -4.69. The third kappa shape index (κ3) is 3.00. The van der Waals surface area contributed by atoms with E-state index in [0.29, 0.717) is 6.42 Å². The molecular formula is C10H11F3N2O4S. The molecule has 1 fully saturated rings. The quantitative estimate of drug-likeness (QED) is 0.833. The van der Waals surface area contributed by atoms with Crippen molar-refractivity contribution < 1.29 is 30.9 Å². The number of hydrogen-bond acceptors (Lipinski definition) is 6. The van der Waals surface area contributed by atoms with Crippen molar-refractivity contribution in [3.63, 3.8) is 0 Å². The van der Waals surface area contributed by atoms with Gasteiger partial charge in [-0.05, 0) is 13.3 Å². The van der Waals surface area contributed by atoms with Gasteiger partial charge in [0.1, 0.15) is 5.92 Å². The van der Waals surface area contributed by atoms with Gasteiger partial charge in [0.25, 0.3) is 0 Å². The highest BCUT2D eigenvalue weighted by molar-refractivity contribution is 7.91. The smallest absolute Gasteiger partial charge is 0.339 e. The van der Waals surface area contributed by atoms with Crippen molar-refractivity contribution in [2.45, 2.75) is 31.4 Å². The molecule has 112 valence electrons. The number of hydrogen-bond donors (Lipinski definition) is 0. The second-order valence-electron chi connectivity index (χ2n) is 4.67. The van der Waals surface area contributed by atoms with E-state index in [4.69, 9.17) is 0 Å². The van der Waals surface area contributed by atoms with Gasteiger partial charge in [-0.25, -0.2) is 8.42 Å². The molecule has 10 heteroatoms. The Hall–Kier alpha value is -1.45. The lowest BCUT2D eigenvalue weighted by Gasteiger charge is -2.08. The molecule has 0 amide bonds. The van der Waals surface area contributed by atoms with Crippen LogP contribution in [-0.2, 0) is 14.6 Å². The Bertz CT molecular complexity index is 623. The number of ketones is 1. The summed E-state index contributed by atoms with van der Waals surface area (Å²) in [4.78, 5) is 14.8. The molecule has 0 saturated carbocycles. The van der Waals surface area contributed by atoms with Crippen LogP contribution in [0.2, 0.25) is 0 Å². The number of aromatic nitrogens is 2. The lowest BCUT2D eigenvalue weighted by atomic mass is 10.1. The number of rotatable bonds is 3. The van der Waals surface area contributed by atoms with Gasteiger partial charge in [-0.3, -0.25) is 4.79 Å². The minimum absolute atomic E-state index is 0.0153. The SMILES string of the molecule is CC(C(=O)C(F)(F)F)c1nc(C2CCS(=O)(=O)C2)no1. The number of sulfone groups is 1. The summed E-state index contributed by atoms with van der Waals surface area (Å²) >= 11 is 0. The molecule has 1 aliphatic rings. The van der Waals surface area contributed by atoms with Gasteiger partial charge in [-0.15, -0.1) is 0 Å². The Morgan fingerprint density at radius 2 is 2.10 bits per heavy atom. The minimum Gasteiger partial charge on any atom is -0.339 e. The second-order valence-corrected chi connectivity index (χ2v) is 6.90. The highest BCUT2D eigenvalue weighted by atomic mass is 32.2. The molecule has 6 nitrogen and oxygen atoms in total. The maximum absolute atomic E-state index is 12.3. The standard InChI is InChI=1S/C10H11F3N2O4S/c1-5(7(16)10(11,12)13)9-14-8(15-19-9)6-2-3-20(17,18)4-6/h5-6H,2-4H2,1H3. The zero-order chi connectivity index (χ0) is 15.1. The first-order valence-corrected chi connectivity index (χ1v) is 7.57. The molecule has 0 spiro atoms. The minimum atomic E-state index is -4.98. The molecule has 0 radical (unpaired) electrons. The Labute approximate surface area is 112 Å².